The molecule has 0 amide bonds. The quantitative estimate of drug-likeness (QED) is 0.390. The second-order valence-corrected chi connectivity index (χ2v) is 8.29. The lowest BCUT2D eigenvalue weighted by Gasteiger charge is -2.10. The number of para-hydroxylation sites is 2. The number of benzene rings is 3. The van der Waals surface area contributed by atoms with Gasteiger partial charge in [0.15, 0.2) is 0 Å². The van der Waals surface area contributed by atoms with E-state index < -0.39 is 5.97 Å². The Morgan fingerprint density at radius 2 is 1.74 bits per heavy atom. The van der Waals surface area contributed by atoms with E-state index in [0.29, 0.717) is 26.9 Å². The van der Waals surface area contributed by atoms with Crippen molar-refractivity contribution in [3.63, 3.8) is 0 Å². The average molecular weight is 476 g/mol. The summed E-state index contributed by atoms with van der Waals surface area (Å²) in [4.78, 5) is 17.6. The van der Waals surface area contributed by atoms with Gasteiger partial charge < -0.3 is 14.6 Å². The normalized spacial score (nSPS) is 15.7. The molecule has 0 radical (unpaired) electrons. The lowest BCUT2D eigenvalue weighted by molar-refractivity contribution is -0.138. The Hall–Kier alpha value is -3.84. The van der Waals surface area contributed by atoms with Gasteiger partial charge in [0, 0.05) is 5.56 Å². The molecule has 7 heteroatoms. The molecule has 0 saturated carbocycles. The second-order valence-electron chi connectivity index (χ2n) is 7.26. The number of carbonyl (C=O) groups excluding carboxylic acids is 1. The Kier molecular flexibility index (Phi) is 7.44. The van der Waals surface area contributed by atoms with E-state index in [1.165, 1.54) is 23.9 Å². The van der Waals surface area contributed by atoms with Gasteiger partial charge in [0.05, 0.1) is 17.2 Å². The summed E-state index contributed by atoms with van der Waals surface area (Å²) in [5.74, 6) is -0.545. The smallest absolute Gasteiger partial charge is 0.344 e. The number of aliphatic hydroxyl groups is 1. The van der Waals surface area contributed by atoms with Gasteiger partial charge in [0.25, 0.3) is 0 Å². The molecule has 0 unspecified atom stereocenters. The van der Waals surface area contributed by atoms with Crippen molar-refractivity contribution in [3.8, 4) is 5.75 Å². The standard InChI is InChI=1S/C27H22FNO4S/c1-2-32-27(31)24-25(30)23(34-26(24)29-21-9-4-3-5-10-21)16-19-8-6-7-11-22(19)33-17-18-12-14-20(28)15-13-18/h3-16,30H,2,17H2,1H3/b23-16-,29-26?. The summed E-state index contributed by atoms with van der Waals surface area (Å²) in [7, 11) is 0. The van der Waals surface area contributed by atoms with E-state index in [4.69, 9.17) is 9.47 Å². The molecular weight excluding hydrogens is 453 g/mol. The molecule has 1 N–H and O–H groups in total. The summed E-state index contributed by atoms with van der Waals surface area (Å²) in [6, 6.07) is 22.6. The van der Waals surface area contributed by atoms with Crippen LogP contribution in [0.1, 0.15) is 18.1 Å². The third-order valence-electron chi connectivity index (χ3n) is 4.87. The predicted molar refractivity (Wildman–Crippen MR) is 133 cm³/mol. The molecule has 0 spiro atoms. The molecule has 3 aromatic rings. The van der Waals surface area contributed by atoms with Crippen LogP contribution in [0.2, 0.25) is 0 Å². The molecule has 0 fully saturated rings. The van der Waals surface area contributed by atoms with Crippen LogP contribution in [0, 0.1) is 5.82 Å². The van der Waals surface area contributed by atoms with Crippen molar-refractivity contribution in [2.45, 2.75) is 13.5 Å². The van der Waals surface area contributed by atoms with Crippen molar-refractivity contribution in [3.05, 3.63) is 112 Å². The molecule has 4 rings (SSSR count). The molecule has 3 aromatic carbocycles. The molecule has 34 heavy (non-hydrogen) atoms. The third kappa shape index (κ3) is 5.55. The monoisotopic (exact) mass is 475 g/mol. The third-order valence-corrected chi connectivity index (χ3v) is 5.89. The molecule has 0 aromatic heterocycles. The number of aliphatic imine (C=N–C) groups is 1. The Balaban J connectivity index is 1.65. The maximum absolute atomic E-state index is 13.2. The minimum absolute atomic E-state index is 0.0339. The fraction of sp³-hybridized carbons (Fsp3) is 0.111. The van der Waals surface area contributed by atoms with Gasteiger partial charge in [0.1, 0.15) is 34.5 Å². The van der Waals surface area contributed by atoms with Crippen molar-refractivity contribution in [1.82, 2.24) is 0 Å². The van der Waals surface area contributed by atoms with Crippen LogP contribution in [-0.4, -0.2) is 22.7 Å². The zero-order valence-electron chi connectivity index (χ0n) is 18.4. The lowest BCUT2D eigenvalue weighted by atomic mass is 10.1. The first-order valence-electron chi connectivity index (χ1n) is 10.7. The van der Waals surface area contributed by atoms with Crippen molar-refractivity contribution >= 4 is 34.5 Å². The Labute approximate surface area is 201 Å². The van der Waals surface area contributed by atoms with Gasteiger partial charge in [-0.2, -0.15) is 0 Å². The fourth-order valence-electron chi connectivity index (χ4n) is 3.23. The highest BCUT2D eigenvalue weighted by molar-refractivity contribution is 8.18. The molecule has 0 saturated heterocycles. The summed E-state index contributed by atoms with van der Waals surface area (Å²) in [6.07, 6.45) is 1.74. The number of nitrogens with zero attached hydrogens (tertiary/aromatic N) is 1. The summed E-state index contributed by atoms with van der Waals surface area (Å²) >= 11 is 1.18. The minimum atomic E-state index is -0.633. The van der Waals surface area contributed by atoms with Crippen LogP contribution in [0.25, 0.3) is 6.08 Å². The average Bonchev–Trinajstić information content (AvgIpc) is 3.14. The van der Waals surface area contributed by atoms with E-state index in [0.717, 1.165) is 5.56 Å². The molecule has 1 aliphatic rings. The highest BCUT2D eigenvalue weighted by Crippen LogP contribution is 2.41. The van der Waals surface area contributed by atoms with Gasteiger partial charge in [0.2, 0.25) is 0 Å². The summed E-state index contributed by atoms with van der Waals surface area (Å²) in [5.41, 5.74) is 2.22. The molecule has 1 heterocycles. The van der Waals surface area contributed by atoms with E-state index in [-0.39, 0.29) is 30.4 Å². The van der Waals surface area contributed by atoms with E-state index in [1.807, 2.05) is 54.6 Å². The van der Waals surface area contributed by atoms with Crippen LogP contribution in [0.5, 0.6) is 5.75 Å². The van der Waals surface area contributed by atoms with Gasteiger partial charge in [-0.3, -0.25) is 0 Å². The van der Waals surface area contributed by atoms with Crippen LogP contribution in [0.15, 0.2) is 100 Å². The maximum atomic E-state index is 13.2. The number of ether oxygens (including phenoxy) is 2. The van der Waals surface area contributed by atoms with Crippen LogP contribution < -0.4 is 4.74 Å². The van der Waals surface area contributed by atoms with Crippen molar-refractivity contribution in [2.24, 2.45) is 4.99 Å². The van der Waals surface area contributed by atoms with E-state index in [2.05, 4.69) is 4.99 Å². The van der Waals surface area contributed by atoms with E-state index >= 15 is 0 Å². The van der Waals surface area contributed by atoms with Crippen molar-refractivity contribution < 1.29 is 23.8 Å². The van der Waals surface area contributed by atoms with Gasteiger partial charge in [-0.25, -0.2) is 14.2 Å². The predicted octanol–water partition coefficient (Wildman–Crippen LogP) is 6.60. The molecular formula is C27H22FNO4S. The SMILES string of the molecule is CCOC(=O)C1=C(O)/C(=C/c2ccccc2OCc2ccc(F)cc2)SC1=Nc1ccccc1. The Morgan fingerprint density at radius 3 is 2.47 bits per heavy atom. The van der Waals surface area contributed by atoms with Crippen LogP contribution in [0.4, 0.5) is 10.1 Å². The van der Waals surface area contributed by atoms with Gasteiger partial charge >= 0.3 is 5.97 Å². The number of halogens is 1. The minimum Gasteiger partial charge on any atom is -0.506 e. The molecule has 5 nitrogen and oxygen atoms in total. The van der Waals surface area contributed by atoms with Gasteiger partial charge in [-0.05, 0) is 48.9 Å². The first kappa shape index (κ1) is 23.3. The Morgan fingerprint density at radius 1 is 1.03 bits per heavy atom. The van der Waals surface area contributed by atoms with Gasteiger partial charge in [-0.15, -0.1) is 0 Å². The largest absolute Gasteiger partial charge is 0.506 e. The van der Waals surface area contributed by atoms with Crippen molar-refractivity contribution in [2.75, 3.05) is 6.61 Å². The summed E-state index contributed by atoms with van der Waals surface area (Å²) in [6.45, 7) is 2.14. The number of hydrogen-bond acceptors (Lipinski definition) is 6. The zero-order chi connectivity index (χ0) is 23.9. The fourth-order valence-corrected chi connectivity index (χ4v) is 4.25. The van der Waals surface area contributed by atoms with E-state index in [9.17, 15) is 14.3 Å². The number of thioether (sulfide) groups is 1. The number of rotatable bonds is 7. The van der Waals surface area contributed by atoms with Gasteiger partial charge in [-0.1, -0.05) is 60.3 Å². The number of hydrogen-bond donors (Lipinski definition) is 1. The molecule has 0 atom stereocenters. The molecule has 0 bridgehead atoms. The molecule has 172 valence electrons. The van der Waals surface area contributed by atoms with Crippen LogP contribution in [-0.2, 0) is 16.1 Å². The lowest BCUT2D eigenvalue weighted by Crippen LogP contribution is -2.12. The summed E-state index contributed by atoms with van der Waals surface area (Å²) < 4.78 is 24.3. The zero-order valence-corrected chi connectivity index (χ0v) is 19.2. The molecule has 1 aliphatic heterocycles. The number of carbonyl (C=O) groups is 1. The topological polar surface area (TPSA) is 68.1 Å². The van der Waals surface area contributed by atoms with Crippen LogP contribution in [0.3, 0.4) is 0 Å². The van der Waals surface area contributed by atoms with Crippen molar-refractivity contribution in [1.29, 1.82) is 0 Å². The second kappa shape index (κ2) is 10.9. The number of aliphatic hydroxyl groups excluding tert-OH is 1. The Bertz CT molecular complexity index is 1270. The molecule has 0 aliphatic carbocycles. The first-order chi connectivity index (χ1) is 16.5. The van der Waals surface area contributed by atoms with Crippen LogP contribution >= 0.6 is 11.8 Å². The highest BCUT2D eigenvalue weighted by Gasteiger charge is 2.33. The van der Waals surface area contributed by atoms with E-state index in [1.54, 1.807) is 25.1 Å². The first-order valence-corrected chi connectivity index (χ1v) is 11.5. The summed E-state index contributed by atoms with van der Waals surface area (Å²) in [5, 5.41) is 11.3. The maximum Gasteiger partial charge on any atom is 0.344 e. The highest BCUT2D eigenvalue weighted by atomic mass is 32.2. The number of esters is 1.